The molecule has 0 saturated heterocycles. The fourth-order valence-electron chi connectivity index (χ4n) is 1.68. The maximum atomic E-state index is 11.6. The Hall–Kier alpha value is -2.58. The van der Waals surface area contributed by atoms with Crippen molar-refractivity contribution in [1.82, 2.24) is 4.98 Å². The Morgan fingerprint density at radius 1 is 1.30 bits per heavy atom. The third kappa shape index (κ3) is 5.28. The van der Waals surface area contributed by atoms with E-state index in [1.54, 1.807) is 18.2 Å². The summed E-state index contributed by atoms with van der Waals surface area (Å²) in [5.41, 5.74) is 1.51. The molecule has 0 fully saturated rings. The van der Waals surface area contributed by atoms with Crippen molar-refractivity contribution in [1.29, 1.82) is 5.26 Å². The Kier molecular flexibility index (Phi) is 7.58. The summed E-state index contributed by atoms with van der Waals surface area (Å²) in [7, 11) is 1.27. The summed E-state index contributed by atoms with van der Waals surface area (Å²) in [5, 5.41) is 9.06. The number of aromatic nitrogens is 1. The molecule has 0 unspecified atom stereocenters. The van der Waals surface area contributed by atoms with Crippen LogP contribution in [0, 0.1) is 11.3 Å². The molecule has 1 aromatic heterocycles. The number of hydrogen-bond donors (Lipinski definition) is 0. The van der Waals surface area contributed by atoms with Crippen LogP contribution in [0.1, 0.15) is 35.3 Å². The molecule has 0 saturated carbocycles. The fourth-order valence-corrected chi connectivity index (χ4v) is 1.82. The zero-order valence-corrected chi connectivity index (χ0v) is 13.9. The Bertz CT molecular complexity index is 711. The lowest BCUT2D eigenvalue weighted by molar-refractivity contribution is 0.0594. The van der Waals surface area contributed by atoms with Gasteiger partial charge in [0.1, 0.15) is 17.3 Å². The van der Waals surface area contributed by atoms with E-state index < -0.39 is 5.97 Å². The van der Waals surface area contributed by atoms with Crippen LogP contribution < -0.4 is 4.74 Å². The van der Waals surface area contributed by atoms with Gasteiger partial charge in [-0.05, 0) is 29.8 Å². The predicted octanol–water partition coefficient (Wildman–Crippen LogP) is 4.00. The van der Waals surface area contributed by atoms with E-state index in [0.29, 0.717) is 5.56 Å². The average Bonchev–Trinajstić information content (AvgIpc) is 2.61. The van der Waals surface area contributed by atoms with Gasteiger partial charge in [0.05, 0.1) is 18.7 Å². The number of carbonyl (C=O) groups is 1. The molecule has 0 N–H and O–H groups in total. The van der Waals surface area contributed by atoms with Crippen LogP contribution in [0.5, 0.6) is 5.88 Å². The highest BCUT2D eigenvalue weighted by Gasteiger charge is 2.15. The molecule has 1 heterocycles. The largest absolute Gasteiger partial charge is 0.472 e. The van der Waals surface area contributed by atoms with Gasteiger partial charge in [0.2, 0.25) is 5.88 Å². The molecule has 0 atom stereocenters. The Morgan fingerprint density at radius 2 is 2.04 bits per heavy atom. The number of hydrogen-bond acceptors (Lipinski definition) is 5. The van der Waals surface area contributed by atoms with Crippen molar-refractivity contribution in [2.75, 3.05) is 7.11 Å². The van der Waals surface area contributed by atoms with E-state index in [-0.39, 0.29) is 23.2 Å². The normalized spacial score (nSPS) is 9.17. The minimum atomic E-state index is -0.556. The maximum absolute atomic E-state index is 11.6. The second-order valence-electron chi connectivity index (χ2n) is 4.08. The molecule has 0 aliphatic heterocycles. The van der Waals surface area contributed by atoms with E-state index in [9.17, 15) is 4.79 Å². The smallest absolute Gasteiger partial charge is 0.343 e. The quantitative estimate of drug-likeness (QED) is 0.625. The van der Waals surface area contributed by atoms with Crippen molar-refractivity contribution in [3.05, 3.63) is 58.2 Å². The number of nitriles is 1. The number of esters is 1. The lowest BCUT2D eigenvalue weighted by atomic mass is 10.1. The Labute approximate surface area is 140 Å². The zero-order valence-electron chi connectivity index (χ0n) is 13.2. The van der Waals surface area contributed by atoms with Crippen LogP contribution in [0.15, 0.2) is 36.4 Å². The van der Waals surface area contributed by atoms with Crippen LogP contribution in [-0.2, 0) is 11.3 Å². The molecule has 0 aliphatic carbocycles. The lowest BCUT2D eigenvalue weighted by Gasteiger charge is -2.09. The number of halogens is 1. The van der Waals surface area contributed by atoms with Crippen LogP contribution in [0.3, 0.4) is 0 Å². The van der Waals surface area contributed by atoms with E-state index in [0.717, 1.165) is 5.56 Å². The van der Waals surface area contributed by atoms with Crippen LogP contribution in [-0.4, -0.2) is 18.1 Å². The summed E-state index contributed by atoms with van der Waals surface area (Å²) in [6.45, 7) is 4.16. The minimum Gasteiger partial charge on any atom is -0.472 e. The SMILES string of the molecule is CC.COC(=O)c1ccc(Cl)nc1OCc1cccc(C#N)c1. The summed E-state index contributed by atoms with van der Waals surface area (Å²) in [6.07, 6.45) is 0. The van der Waals surface area contributed by atoms with Gasteiger partial charge in [0.15, 0.2) is 0 Å². The number of carbonyl (C=O) groups excluding carboxylic acids is 1. The summed E-state index contributed by atoms with van der Waals surface area (Å²) in [6, 6.07) is 12.0. The van der Waals surface area contributed by atoms with Gasteiger partial charge in [-0.25, -0.2) is 9.78 Å². The molecule has 2 aromatic rings. The molecular formula is C17H17ClN2O3. The molecule has 0 bridgehead atoms. The molecule has 23 heavy (non-hydrogen) atoms. The maximum Gasteiger partial charge on any atom is 0.343 e. The van der Waals surface area contributed by atoms with Crippen molar-refractivity contribution >= 4 is 17.6 Å². The van der Waals surface area contributed by atoms with E-state index in [1.165, 1.54) is 19.2 Å². The van der Waals surface area contributed by atoms with Gasteiger partial charge in [0, 0.05) is 0 Å². The predicted molar refractivity (Wildman–Crippen MR) is 87.4 cm³/mol. The van der Waals surface area contributed by atoms with Crippen LogP contribution in [0.2, 0.25) is 5.15 Å². The zero-order chi connectivity index (χ0) is 17.2. The van der Waals surface area contributed by atoms with E-state index in [4.69, 9.17) is 21.6 Å². The molecule has 5 nitrogen and oxygen atoms in total. The first-order valence-electron chi connectivity index (χ1n) is 7.00. The van der Waals surface area contributed by atoms with Crippen molar-refractivity contribution in [2.45, 2.75) is 20.5 Å². The summed E-state index contributed by atoms with van der Waals surface area (Å²) >= 11 is 5.81. The number of benzene rings is 1. The number of methoxy groups -OCH3 is 1. The molecule has 0 radical (unpaired) electrons. The van der Waals surface area contributed by atoms with Crippen LogP contribution in [0.25, 0.3) is 0 Å². The van der Waals surface area contributed by atoms with Gasteiger partial charge in [-0.2, -0.15) is 5.26 Å². The molecule has 0 aliphatic rings. The van der Waals surface area contributed by atoms with Gasteiger partial charge in [0.25, 0.3) is 0 Å². The average molecular weight is 333 g/mol. The minimum absolute atomic E-state index is 0.0942. The van der Waals surface area contributed by atoms with Crippen molar-refractivity contribution in [3.63, 3.8) is 0 Å². The first-order chi connectivity index (χ1) is 11.1. The monoisotopic (exact) mass is 332 g/mol. The van der Waals surface area contributed by atoms with Crippen LogP contribution >= 0.6 is 11.6 Å². The number of nitrogens with zero attached hydrogens (tertiary/aromatic N) is 2. The highest BCUT2D eigenvalue weighted by Crippen LogP contribution is 2.21. The molecule has 2 rings (SSSR count). The topological polar surface area (TPSA) is 72.2 Å². The van der Waals surface area contributed by atoms with Gasteiger partial charge < -0.3 is 9.47 Å². The highest BCUT2D eigenvalue weighted by atomic mass is 35.5. The number of pyridine rings is 1. The highest BCUT2D eigenvalue weighted by molar-refractivity contribution is 6.29. The molecular weight excluding hydrogens is 316 g/mol. The van der Waals surface area contributed by atoms with E-state index in [1.807, 2.05) is 26.0 Å². The van der Waals surface area contributed by atoms with Crippen molar-refractivity contribution in [3.8, 4) is 11.9 Å². The first-order valence-corrected chi connectivity index (χ1v) is 7.38. The third-order valence-corrected chi connectivity index (χ3v) is 2.87. The fraction of sp³-hybridized carbons (Fsp3) is 0.235. The van der Waals surface area contributed by atoms with Gasteiger partial charge in [-0.15, -0.1) is 0 Å². The van der Waals surface area contributed by atoms with E-state index in [2.05, 4.69) is 9.72 Å². The molecule has 1 aromatic carbocycles. The first kappa shape index (κ1) is 18.5. The second kappa shape index (κ2) is 9.44. The summed E-state index contributed by atoms with van der Waals surface area (Å²) < 4.78 is 10.2. The Balaban J connectivity index is 0.00000127. The van der Waals surface area contributed by atoms with Crippen molar-refractivity contribution < 1.29 is 14.3 Å². The summed E-state index contributed by atoms with van der Waals surface area (Å²) in [5.74, 6) is -0.461. The lowest BCUT2D eigenvalue weighted by Crippen LogP contribution is -2.07. The van der Waals surface area contributed by atoms with Gasteiger partial charge in [-0.1, -0.05) is 37.6 Å². The molecule has 6 heteroatoms. The Morgan fingerprint density at radius 3 is 2.70 bits per heavy atom. The van der Waals surface area contributed by atoms with E-state index >= 15 is 0 Å². The molecule has 0 amide bonds. The number of ether oxygens (including phenoxy) is 2. The third-order valence-electron chi connectivity index (χ3n) is 2.66. The van der Waals surface area contributed by atoms with Gasteiger partial charge in [-0.3, -0.25) is 0 Å². The van der Waals surface area contributed by atoms with Crippen molar-refractivity contribution in [2.24, 2.45) is 0 Å². The summed E-state index contributed by atoms with van der Waals surface area (Å²) in [4.78, 5) is 15.6. The van der Waals surface area contributed by atoms with Crippen LogP contribution in [0.4, 0.5) is 0 Å². The van der Waals surface area contributed by atoms with Gasteiger partial charge >= 0.3 is 5.97 Å². The standard InChI is InChI=1S/C15H11ClN2O3.C2H6/c1-20-15(19)12-5-6-13(16)18-14(12)21-9-11-4-2-3-10(7-11)8-17;1-2/h2-7H,9H2,1H3;1-2H3. The molecule has 120 valence electrons. The number of rotatable bonds is 4. The molecule has 0 spiro atoms. The second-order valence-corrected chi connectivity index (χ2v) is 4.47.